The summed E-state index contributed by atoms with van der Waals surface area (Å²) in [6.45, 7) is 2.54. The number of halogens is 2. The van der Waals surface area contributed by atoms with Gasteiger partial charge in [0, 0.05) is 17.1 Å². The highest BCUT2D eigenvalue weighted by Gasteiger charge is 2.13. The van der Waals surface area contributed by atoms with Gasteiger partial charge in [0.15, 0.2) is 5.16 Å². The third kappa shape index (κ3) is 3.01. The molecule has 0 aliphatic rings. The largest absolute Gasteiger partial charge is 0.398 e. The van der Waals surface area contributed by atoms with Crippen LogP contribution in [0.25, 0.3) is 0 Å². The number of H-pyrrole nitrogens is 1. The van der Waals surface area contributed by atoms with Crippen LogP contribution in [0.2, 0.25) is 0 Å². The maximum Gasteiger partial charge on any atom is 0.343 e. The first-order valence-electron chi connectivity index (χ1n) is 5.60. The van der Waals surface area contributed by atoms with E-state index in [9.17, 15) is 9.18 Å². The van der Waals surface area contributed by atoms with Gasteiger partial charge in [0.05, 0.1) is 4.47 Å². The molecule has 3 N–H and O–H groups in total. The number of hydrogen-bond donors (Lipinski definition) is 2. The van der Waals surface area contributed by atoms with E-state index >= 15 is 0 Å². The van der Waals surface area contributed by atoms with Gasteiger partial charge in [-0.25, -0.2) is 14.3 Å². The number of benzene rings is 1. The third-order valence-corrected chi connectivity index (χ3v) is 4.10. The maximum atomic E-state index is 13.3. The van der Waals surface area contributed by atoms with Crippen molar-refractivity contribution >= 4 is 33.4 Å². The number of nitrogen functional groups attached to an aromatic ring is 1. The van der Waals surface area contributed by atoms with Crippen molar-refractivity contribution in [3.63, 3.8) is 0 Å². The number of rotatable bonds is 4. The molecule has 0 saturated heterocycles. The molecule has 1 aromatic heterocycles. The lowest BCUT2D eigenvalue weighted by Crippen LogP contribution is -2.17. The molecule has 0 fully saturated rings. The Labute approximate surface area is 121 Å². The molecule has 2 aromatic rings. The number of nitrogens with one attached hydrogen (secondary N) is 1. The zero-order valence-corrected chi connectivity index (χ0v) is 12.5. The fraction of sp³-hybridized carbons (Fsp3) is 0.273. The Hall–Kier alpha value is -1.28. The predicted octanol–water partition coefficient (Wildman–Crippen LogP) is 2.62. The van der Waals surface area contributed by atoms with Gasteiger partial charge >= 0.3 is 5.69 Å². The smallest absolute Gasteiger partial charge is 0.343 e. The topological polar surface area (TPSA) is 76.7 Å². The summed E-state index contributed by atoms with van der Waals surface area (Å²) in [4.78, 5) is 12.2. The standard InChI is InChI=1S/C11H12BrFN4OS/c1-2-3-17-10(18)15-16-11(17)19-9-4-6(12)7(13)5-8(9)14/h4-5H,2-3,14H2,1H3,(H,15,18). The third-order valence-electron chi connectivity index (χ3n) is 2.42. The number of nitrogens with two attached hydrogens (primary N) is 1. The minimum absolute atomic E-state index is 0.260. The van der Waals surface area contributed by atoms with E-state index < -0.39 is 5.82 Å². The SMILES string of the molecule is CCCn1c(Sc2cc(Br)c(F)cc2N)n[nH]c1=O. The molecule has 2 rings (SSSR count). The summed E-state index contributed by atoms with van der Waals surface area (Å²) in [5.74, 6) is -0.421. The first kappa shape index (κ1) is 14.1. The average molecular weight is 347 g/mol. The molecule has 0 spiro atoms. The molecule has 19 heavy (non-hydrogen) atoms. The zero-order chi connectivity index (χ0) is 14.0. The van der Waals surface area contributed by atoms with E-state index in [-0.39, 0.29) is 5.69 Å². The van der Waals surface area contributed by atoms with Gasteiger partial charge in [-0.2, -0.15) is 0 Å². The van der Waals surface area contributed by atoms with E-state index in [4.69, 9.17) is 5.73 Å². The molecule has 0 radical (unpaired) electrons. The molecule has 102 valence electrons. The monoisotopic (exact) mass is 346 g/mol. The Morgan fingerprint density at radius 1 is 1.58 bits per heavy atom. The van der Waals surface area contributed by atoms with E-state index in [0.29, 0.717) is 26.8 Å². The molecule has 0 atom stereocenters. The average Bonchev–Trinajstić information content (AvgIpc) is 2.69. The second-order valence-electron chi connectivity index (χ2n) is 3.87. The minimum Gasteiger partial charge on any atom is -0.398 e. The fourth-order valence-corrected chi connectivity index (χ4v) is 2.95. The zero-order valence-electron chi connectivity index (χ0n) is 10.1. The Morgan fingerprint density at radius 2 is 2.32 bits per heavy atom. The summed E-state index contributed by atoms with van der Waals surface area (Å²) in [7, 11) is 0. The van der Waals surface area contributed by atoms with E-state index in [1.54, 1.807) is 6.07 Å². The first-order chi connectivity index (χ1) is 9.02. The van der Waals surface area contributed by atoms with Gasteiger partial charge in [-0.15, -0.1) is 5.10 Å². The van der Waals surface area contributed by atoms with Crippen LogP contribution in [0.4, 0.5) is 10.1 Å². The molecule has 1 aromatic carbocycles. The van der Waals surface area contributed by atoms with E-state index in [0.717, 1.165) is 6.42 Å². The van der Waals surface area contributed by atoms with Crippen molar-refractivity contribution in [3.8, 4) is 0 Å². The molecule has 0 unspecified atom stereocenters. The van der Waals surface area contributed by atoms with Gasteiger partial charge in [-0.05, 0) is 46.2 Å². The van der Waals surface area contributed by atoms with Crippen LogP contribution in [-0.2, 0) is 6.54 Å². The van der Waals surface area contributed by atoms with Gasteiger partial charge in [0.1, 0.15) is 5.82 Å². The Kier molecular flexibility index (Phi) is 4.31. The van der Waals surface area contributed by atoms with Crippen molar-refractivity contribution in [1.29, 1.82) is 0 Å². The van der Waals surface area contributed by atoms with Crippen molar-refractivity contribution in [2.45, 2.75) is 29.9 Å². The summed E-state index contributed by atoms with van der Waals surface area (Å²) in [6.07, 6.45) is 0.815. The fourth-order valence-electron chi connectivity index (χ4n) is 1.53. The van der Waals surface area contributed by atoms with Gasteiger partial charge in [-0.3, -0.25) is 4.57 Å². The molecule has 0 aliphatic carbocycles. The van der Waals surface area contributed by atoms with Gasteiger partial charge in [0.2, 0.25) is 0 Å². The summed E-state index contributed by atoms with van der Waals surface area (Å²) < 4.78 is 15.1. The van der Waals surface area contributed by atoms with Crippen molar-refractivity contribution in [3.05, 3.63) is 32.9 Å². The quantitative estimate of drug-likeness (QED) is 0.834. The highest BCUT2D eigenvalue weighted by molar-refractivity contribution is 9.10. The predicted molar refractivity (Wildman–Crippen MR) is 75.8 cm³/mol. The molecule has 8 heteroatoms. The Balaban J connectivity index is 2.36. The summed E-state index contributed by atoms with van der Waals surface area (Å²) in [6, 6.07) is 2.81. The number of aromatic nitrogens is 3. The highest BCUT2D eigenvalue weighted by Crippen LogP contribution is 2.33. The van der Waals surface area contributed by atoms with Crippen LogP contribution in [0.15, 0.2) is 31.5 Å². The van der Waals surface area contributed by atoms with Crippen LogP contribution >= 0.6 is 27.7 Å². The van der Waals surface area contributed by atoms with Crippen molar-refractivity contribution in [2.24, 2.45) is 0 Å². The van der Waals surface area contributed by atoms with Crippen LogP contribution in [0, 0.1) is 5.82 Å². The number of aromatic amines is 1. The minimum atomic E-state index is -0.421. The van der Waals surface area contributed by atoms with Gasteiger partial charge in [0.25, 0.3) is 0 Å². The molecule has 0 aliphatic heterocycles. The maximum absolute atomic E-state index is 13.3. The second-order valence-corrected chi connectivity index (χ2v) is 5.73. The van der Waals surface area contributed by atoms with Crippen molar-refractivity contribution in [1.82, 2.24) is 14.8 Å². The van der Waals surface area contributed by atoms with Crippen molar-refractivity contribution < 1.29 is 4.39 Å². The van der Waals surface area contributed by atoms with Crippen LogP contribution in [0.1, 0.15) is 13.3 Å². The molecule has 1 heterocycles. The molecule has 0 amide bonds. The highest BCUT2D eigenvalue weighted by atomic mass is 79.9. The van der Waals surface area contributed by atoms with Crippen LogP contribution in [0.5, 0.6) is 0 Å². The Bertz CT molecular complexity index is 655. The Morgan fingerprint density at radius 3 is 3.00 bits per heavy atom. The normalized spacial score (nSPS) is 10.9. The molecular weight excluding hydrogens is 335 g/mol. The number of hydrogen-bond acceptors (Lipinski definition) is 4. The second kappa shape index (κ2) is 5.79. The van der Waals surface area contributed by atoms with Crippen molar-refractivity contribution in [2.75, 3.05) is 5.73 Å². The van der Waals surface area contributed by atoms with Gasteiger partial charge < -0.3 is 5.73 Å². The van der Waals surface area contributed by atoms with E-state index in [2.05, 4.69) is 26.1 Å². The van der Waals surface area contributed by atoms with Crippen LogP contribution < -0.4 is 11.4 Å². The van der Waals surface area contributed by atoms with Gasteiger partial charge in [-0.1, -0.05) is 6.92 Å². The number of anilines is 1. The molecule has 5 nitrogen and oxygen atoms in total. The van der Waals surface area contributed by atoms with E-state index in [1.165, 1.54) is 22.4 Å². The van der Waals surface area contributed by atoms with Crippen LogP contribution in [0.3, 0.4) is 0 Å². The van der Waals surface area contributed by atoms with E-state index in [1.807, 2.05) is 6.92 Å². The lowest BCUT2D eigenvalue weighted by atomic mass is 10.3. The van der Waals surface area contributed by atoms with Crippen LogP contribution in [-0.4, -0.2) is 14.8 Å². The summed E-state index contributed by atoms with van der Waals surface area (Å²) >= 11 is 4.33. The molecule has 0 saturated carbocycles. The first-order valence-corrected chi connectivity index (χ1v) is 7.21. The lowest BCUT2D eigenvalue weighted by Gasteiger charge is -2.07. The molecule has 0 bridgehead atoms. The lowest BCUT2D eigenvalue weighted by molar-refractivity contribution is 0.603. The summed E-state index contributed by atoms with van der Waals surface area (Å²) in [5.41, 5.74) is 5.81. The number of nitrogens with zero attached hydrogens (tertiary/aromatic N) is 2. The molecular formula is C11H12BrFN4OS. The summed E-state index contributed by atoms with van der Waals surface area (Å²) in [5, 5.41) is 6.86.